The van der Waals surface area contributed by atoms with Gasteiger partial charge < -0.3 is 15.8 Å². The maximum absolute atomic E-state index is 10.8. The number of hydrogen-bond acceptors (Lipinski definition) is 7. The van der Waals surface area contributed by atoms with Crippen LogP contribution in [-0.2, 0) is 4.74 Å². The first-order chi connectivity index (χ1) is 11.6. The molecule has 0 bridgehead atoms. The second-order valence-electron chi connectivity index (χ2n) is 5.79. The van der Waals surface area contributed by atoms with Crippen molar-refractivity contribution in [3.05, 3.63) is 52.2 Å². The van der Waals surface area contributed by atoms with E-state index >= 15 is 0 Å². The largest absolute Gasteiger partial charge is 0.381 e. The zero-order chi connectivity index (χ0) is 16.9. The van der Waals surface area contributed by atoms with Gasteiger partial charge in [-0.25, -0.2) is 4.98 Å². The van der Waals surface area contributed by atoms with E-state index in [1.165, 1.54) is 0 Å². The molecule has 1 saturated heterocycles. The van der Waals surface area contributed by atoms with Crippen molar-refractivity contribution in [3.8, 4) is 0 Å². The molecule has 0 radical (unpaired) electrons. The van der Waals surface area contributed by atoms with E-state index in [-0.39, 0.29) is 23.5 Å². The van der Waals surface area contributed by atoms with E-state index in [1.807, 2.05) is 30.3 Å². The highest BCUT2D eigenvalue weighted by molar-refractivity contribution is 5.53. The highest BCUT2D eigenvalue weighted by Crippen LogP contribution is 2.29. The zero-order valence-corrected chi connectivity index (χ0v) is 13.1. The summed E-state index contributed by atoms with van der Waals surface area (Å²) in [6.07, 6.45) is 3.02. The van der Waals surface area contributed by atoms with E-state index in [0.717, 1.165) is 37.8 Å². The summed E-state index contributed by atoms with van der Waals surface area (Å²) < 4.78 is 5.45. The molecule has 3 rings (SSSR count). The van der Waals surface area contributed by atoms with Gasteiger partial charge >= 0.3 is 5.69 Å². The molecule has 0 aliphatic carbocycles. The van der Waals surface area contributed by atoms with E-state index in [0.29, 0.717) is 5.92 Å². The molecule has 0 spiro atoms. The van der Waals surface area contributed by atoms with Crippen molar-refractivity contribution < 1.29 is 9.66 Å². The van der Waals surface area contributed by atoms with Crippen molar-refractivity contribution >= 4 is 17.5 Å². The minimum atomic E-state index is -0.594. The Morgan fingerprint density at radius 3 is 2.83 bits per heavy atom. The molecule has 2 heterocycles. The van der Waals surface area contributed by atoms with Crippen LogP contribution in [0.15, 0.2) is 36.5 Å². The van der Waals surface area contributed by atoms with E-state index < -0.39 is 4.92 Å². The summed E-state index contributed by atoms with van der Waals surface area (Å²) in [6, 6.07) is 9.95. The molecule has 1 aliphatic heterocycles. The Labute approximate surface area is 139 Å². The van der Waals surface area contributed by atoms with Crippen LogP contribution in [0.3, 0.4) is 0 Å². The third kappa shape index (κ3) is 3.77. The molecule has 1 aromatic carbocycles. The predicted octanol–water partition coefficient (Wildman–Crippen LogP) is 2.55. The number of nitrogen functional groups attached to an aromatic ring is 1. The number of benzene rings is 1. The molecule has 2 atom stereocenters. The van der Waals surface area contributed by atoms with Crippen LogP contribution in [0.2, 0.25) is 0 Å². The molecule has 24 heavy (non-hydrogen) atoms. The Morgan fingerprint density at radius 2 is 2.21 bits per heavy atom. The summed E-state index contributed by atoms with van der Waals surface area (Å²) >= 11 is 0. The van der Waals surface area contributed by atoms with Crippen molar-refractivity contribution in [2.24, 2.45) is 5.92 Å². The molecule has 1 fully saturated rings. The van der Waals surface area contributed by atoms with Gasteiger partial charge in [-0.2, -0.15) is 4.98 Å². The first-order valence-electron chi connectivity index (χ1n) is 7.79. The van der Waals surface area contributed by atoms with Gasteiger partial charge in [0.05, 0.1) is 11.0 Å². The van der Waals surface area contributed by atoms with Crippen LogP contribution in [0.1, 0.15) is 24.4 Å². The van der Waals surface area contributed by atoms with E-state index in [4.69, 9.17) is 10.5 Å². The lowest BCUT2D eigenvalue weighted by molar-refractivity contribution is -0.384. The maximum Gasteiger partial charge on any atom is 0.329 e. The van der Waals surface area contributed by atoms with Gasteiger partial charge in [-0.1, -0.05) is 30.3 Å². The maximum atomic E-state index is 10.8. The quantitative estimate of drug-likeness (QED) is 0.618. The summed E-state index contributed by atoms with van der Waals surface area (Å²) in [4.78, 5) is 18.3. The van der Waals surface area contributed by atoms with Crippen LogP contribution >= 0.6 is 0 Å². The Bertz CT molecular complexity index is 704. The molecule has 8 nitrogen and oxygen atoms in total. The number of aromatic nitrogens is 2. The van der Waals surface area contributed by atoms with E-state index in [9.17, 15) is 10.1 Å². The lowest BCUT2D eigenvalue weighted by Crippen LogP contribution is -2.18. The number of hydrogen-bond donors (Lipinski definition) is 2. The van der Waals surface area contributed by atoms with Crippen LogP contribution in [0, 0.1) is 16.0 Å². The lowest BCUT2D eigenvalue weighted by atomic mass is 9.94. The predicted molar refractivity (Wildman–Crippen MR) is 89.4 cm³/mol. The average Bonchev–Trinajstić information content (AvgIpc) is 3.08. The second-order valence-corrected chi connectivity index (χ2v) is 5.79. The highest BCUT2D eigenvalue weighted by atomic mass is 16.6. The Kier molecular flexibility index (Phi) is 4.85. The summed E-state index contributed by atoms with van der Waals surface area (Å²) in [5.41, 5.74) is 6.46. The topological polar surface area (TPSA) is 116 Å². The smallest absolute Gasteiger partial charge is 0.329 e. The Morgan fingerprint density at radius 1 is 1.42 bits per heavy atom. The van der Waals surface area contributed by atoms with Crippen molar-refractivity contribution in [1.29, 1.82) is 0 Å². The van der Waals surface area contributed by atoms with Crippen molar-refractivity contribution in [2.75, 3.05) is 24.3 Å². The normalized spacial score (nSPS) is 18.2. The zero-order valence-electron chi connectivity index (χ0n) is 13.1. The summed E-state index contributed by atoms with van der Waals surface area (Å²) in [5.74, 6) is 0.595. The third-order valence-electron chi connectivity index (χ3n) is 4.09. The molecule has 1 aliphatic rings. The monoisotopic (exact) mass is 329 g/mol. The fourth-order valence-electron chi connectivity index (χ4n) is 2.82. The van der Waals surface area contributed by atoms with Gasteiger partial charge in [-0.05, 0) is 24.3 Å². The highest BCUT2D eigenvalue weighted by Gasteiger charge is 2.23. The lowest BCUT2D eigenvalue weighted by Gasteiger charge is -2.22. The summed E-state index contributed by atoms with van der Waals surface area (Å²) in [6.45, 7) is 1.53. The number of rotatable bonds is 6. The third-order valence-corrected chi connectivity index (χ3v) is 4.09. The van der Waals surface area contributed by atoms with Gasteiger partial charge in [0.15, 0.2) is 0 Å². The minimum absolute atomic E-state index is 0.0150. The fraction of sp³-hybridized carbons (Fsp3) is 0.375. The van der Waals surface area contributed by atoms with Crippen LogP contribution in [0.25, 0.3) is 0 Å². The molecule has 2 unspecified atom stereocenters. The SMILES string of the molecule is Nc1nc(NC(CC2CCOC2)c2ccccc2)ncc1[N+](=O)[O-]. The second kappa shape index (κ2) is 7.22. The Hall–Kier alpha value is -2.74. The van der Waals surface area contributed by atoms with Gasteiger partial charge in [0.25, 0.3) is 0 Å². The minimum Gasteiger partial charge on any atom is -0.381 e. The number of anilines is 2. The molecule has 8 heteroatoms. The number of nitrogens with two attached hydrogens (primary N) is 1. The number of nitrogens with zero attached hydrogens (tertiary/aromatic N) is 3. The van der Waals surface area contributed by atoms with Crippen LogP contribution < -0.4 is 11.1 Å². The molecule has 126 valence electrons. The first kappa shape index (κ1) is 16.1. The summed E-state index contributed by atoms with van der Waals surface area (Å²) in [7, 11) is 0. The first-order valence-corrected chi connectivity index (χ1v) is 7.79. The molecule has 3 N–H and O–H groups in total. The van der Waals surface area contributed by atoms with E-state index in [1.54, 1.807) is 0 Å². The van der Waals surface area contributed by atoms with Crippen molar-refractivity contribution in [2.45, 2.75) is 18.9 Å². The van der Waals surface area contributed by atoms with Gasteiger partial charge in [-0.3, -0.25) is 10.1 Å². The molecule has 2 aromatic rings. The standard InChI is InChI=1S/C16H19N5O3/c17-15-14(21(22)23)9-18-16(20-15)19-13(8-11-6-7-24-10-11)12-4-2-1-3-5-12/h1-5,9,11,13H,6-8,10H2,(H3,17,18,19,20). The van der Waals surface area contributed by atoms with Gasteiger partial charge in [0.1, 0.15) is 6.20 Å². The van der Waals surface area contributed by atoms with E-state index in [2.05, 4.69) is 15.3 Å². The molecule has 1 aromatic heterocycles. The van der Waals surface area contributed by atoms with Gasteiger partial charge in [0, 0.05) is 13.2 Å². The molecular weight excluding hydrogens is 310 g/mol. The molecular formula is C16H19N5O3. The average molecular weight is 329 g/mol. The van der Waals surface area contributed by atoms with Crippen LogP contribution in [0.4, 0.5) is 17.5 Å². The van der Waals surface area contributed by atoms with Gasteiger partial charge in [-0.15, -0.1) is 0 Å². The van der Waals surface area contributed by atoms with Gasteiger partial charge in [0.2, 0.25) is 11.8 Å². The molecule has 0 saturated carbocycles. The van der Waals surface area contributed by atoms with Crippen LogP contribution in [0.5, 0.6) is 0 Å². The fourth-order valence-corrected chi connectivity index (χ4v) is 2.82. The number of nitrogens with one attached hydrogen (secondary N) is 1. The molecule has 0 amide bonds. The number of ether oxygens (including phenoxy) is 1. The van der Waals surface area contributed by atoms with Crippen molar-refractivity contribution in [3.63, 3.8) is 0 Å². The Balaban J connectivity index is 1.80. The number of nitro groups is 1. The van der Waals surface area contributed by atoms with Crippen LogP contribution in [-0.4, -0.2) is 28.1 Å². The summed E-state index contributed by atoms with van der Waals surface area (Å²) in [5, 5.41) is 14.1. The van der Waals surface area contributed by atoms with Crippen molar-refractivity contribution in [1.82, 2.24) is 9.97 Å².